The van der Waals surface area contributed by atoms with Gasteiger partial charge in [0.05, 0.1) is 0 Å². The summed E-state index contributed by atoms with van der Waals surface area (Å²) in [7, 11) is 0. The van der Waals surface area contributed by atoms with E-state index >= 15 is 0 Å². The molecule has 0 aliphatic heterocycles. The first kappa shape index (κ1) is 13.5. The minimum Gasteiger partial charge on any atom is -0.300 e. The van der Waals surface area contributed by atoms with Crippen LogP contribution in [0.3, 0.4) is 0 Å². The SMILES string of the molecule is CC(=O)CCCCCCCC(F)(F)F. The van der Waals surface area contributed by atoms with Gasteiger partial charge in [-0.3, -0.25) is 0 Å². The van der Waals surface area contributed by atoms with E-state index in [1.54, 1.807) is 0 Å². The summed E-state index contributed by atoms with van der Waals surface area (Å²) in [6, 6.07) is 0. The molecule has 0 fully saturated rings. The van der Waals surface area contributed by atoms with Crippen molar-refractivity contribution in [2.45, 2.75) is 58.0 Å². The van der Waals surface area contributed by atoms with Crippen LogP contribution in [0.5, 0.6) is 0 Å². The Morgan fingerprint density at radius 3 is 2.00 bits per heavy atom. The van der Waals surface area contributed by atoms with Gasteiger partial charge in [0, 0.05) is 12.8 Å². The number of halogens is 3. The molecule has 0 spiro atoms. The summed E-state index contributed by atoms with van der Waals surface area (Å²) in [5.74, 6) is 0.153. The van der Waals surface area contributed by atoms with Crippen LogP contribution in [0, 0.1) is 0 Å². The average molecular weight is 210 g/mol. The fourth-order valence-electron chi connectivity index (χ4n) is 1.23. The van der Waals surface area contributed by atoms with Gasteiger partial charge in [-0.15, -0.1) is 0 Å². The van der Waals surface area contributed by atoms with Gasteiger partial charge in [-0.1, -0.05) is 19.3 Å². The molecule has 0 aliphatic carbocycles. The van der Waals surface area contributed by atoms with E-state index < -0.39 is 12.6 Å². The van der Waals surface area contributed by atoms with Crippen LogP contribution in [0.25, 0.3) is 0 Å². The number of carbonyl (C=O) groups excluding carboxylic acids is 1. The van der Waals surface area contributed by atoms with E-state index in [2.05, 4.69) is 0 Å². The van der Waals surface area contributed by atoms with Crippen LogP contribution in [0.2, 0.25) is 0 Å². The van der Waals surface area contributed by atoms with Crippen molar-refractivity contribution in [3.8, 4) is 0 Å². The quantitative estimate of drug-likeness (QED) is 0.583. The van der Waals surface area contributed by atoms with E-state index in [4.69, 9.17) is 0 Å². The van der Waals surface area contributed by atoms with E-state index in [0.717, 1.165) is 19.3 Å². The van der Waals surface area contributed by atoms with Gasteiger partial charge in [0.15, 0.2) is 0 Å². The molecule has 0 aliphatic rings. The maximum Gasteiger partial charge on any atom is 0.389 e. The van der Waals surface area contributed by atoms with Gasteiger partial charge >= 0.3 is 6.18 Å². The van der Waals surface area contributed by atoms with E-state index in [-0.39, 0.29) is 12.2 Å². The predicted octanol–water partition coefficient (Wildman–Crippen LogP) is 3.87. The molecule has 1 nitrogen and oxygen atoms in total. The molecule has 0 aromatic heterocycles. The molecule has 0 atom stereocenters. The van der Waals surface area contributed by atoms with Gasteiger partial charge in [0.25, 0.3) is 0 Å². The van der Waals surface area contributed by atoms with Gasteiger partial charge in [0.2, 0.25) is 0 Å². The van der Waals surface area contributed by atoms with Gasteiger partial charge in [0.1, 0.15) is 5.78 Å². The van der Waals surface area contributed by atoms with Crippen LogP contribution < -0.4 is 0 Å². The monoisotopic (exact) mass is 210 g/mol. The van der Waals surface area contributed by atoms with E-state index in [1.807, 2.05) is 0 Å². The molecule has 0 radical (unpaired) electrons. The highest BCUT2D eigenvalue weighted by Gasteiger charge is 2.25. The Labute approximate surface area is 82.7 Å². The van der Waals surface area contributed by atoms with Crippen molar-refractivity contribution in [1.29, 1.82) is 0 Å². The summed E-state index contributed by atoms with van der Waals surface area (Å²) in [4.78, 5) is 10.5. The topological polar surface area (TPSA) is 17.1 Å². The Morgan fingerprint density at radius 2 is 1.50 bits per heavy atom. The summed E-state index contributed by atoms with van der Waals surface area (Å²) < 4.78 is 35.1. The largest absolute Gasteiger partial charge is 0.389 e. The summed E-state index contributed by atoms with van der Waals surface area (Å²) >= 11 is 0. The molecule has 0 amide bonds. The molecule has 14 heavy (non-hydrogen) atoms. The molecular weight excluding hydrogens is 193 g/mol. The lowest BCUT2D eigenvalue weighted by molar-refractivity contribution is -0.135. The van der Waals surface area contributed by atoms with Crippen LogP contribution in [0.15, 0.2) is 0 Å². The number of hydrogen-bond donors (Lipinski definition) is 0. The number of unbranched alkanes of at least 4 members (excludes halogenated alkanes) is 4. The lowest BCUT2D eigenvalue weighted by Gasteiger charge is -2.05. The normalized spacial score (nSPS) is 11.7. The van der Waals surface area contributed by atoms with E-state index in [0.29, 0.717) is 12.8 Å². The van der Waals surface area contributed by atoms with Crippen LogP contribution in [0.1, 0.15) is 51.9 Å². The highest BCUT2D eigenvalue weighted by molar-refractivity contribution is 5.75. The van der Waals surface area contributed by atoms with Gasteiger partial charge in [-0.2, -0.15) is 13.2 Å². The van der Waals surface area contributed by atoms with Crippen LogP contribution in [0.4, 0.5) is 13.2 Å². The fourth-order valence-corrected chi connectivity index (χ4v) is 1.23. The highest BCUT2D eigenvalue weighted by Crippen LogP contribution is 2.23. The molecule has 0 bridgehead atoms. The second kappa shape index (κ2) is 6.85. The van der Waals surface area contributed by atoms with Crippen molar-refractivity contribution in [1.82, 2.24) is 0 Å². The van der Waals surface area contributed by atoms with Gasteiger partial charge in [-0.25, -0.2) is 0 Å². The molecule has 0 N–H and O–H groups in total. The van der Waals surface area contributed by atoms with E-state index in [9.17, 15) is 18.0 Å². The zero-order valence-electron chi connectivity index (χ0n) is 8.49. The number of alkyl halides is 3. The Balaban J connectivity index is 3.11. The first-order valence-corrected chi connectivity index (χ1v) is 4.98. The summed E-state index contributed by atoms with van der Waals surface area (Å²) in [5, 5.41) is 0. The first-order chi connectivity index (χ1) is 6.42. The zero-order valence-corrected chi connectivity index (χ0v) is 8.49. The smallest absolute Gasteiger partial charge is 0.300 e. The molecular formula is C10H17F3O. The van der Waals surface area contributed by atoms with Crippen molar-refractivity contribution >= 4 is 5.78 Å². The third-order valence-electron chi connectivity index (χ3n) is 1.99. The van der Waals surface area contributed by atoms with Crippen LogP contribution in [-0.4, -0.2) is 12.0 Å². The maximum atomic E-state index is 11.7. The second-order valence-electron chi connectivity index (χ2n) is 3.58. The zero-order chi connectivity index (χ0) is 11.0. The summed E-state index contributed by atoms with van der Waals surface area (Å²) in [6.45, 7) is 1.53. The minimum atomic E-state index is -4.01. The minimum absolute atomic E-state index is 0.153. The number of carbonyl (C=O) groups is 1. The van der Waals surface area contributed by atoms with Crippen molar-refractivity contribution < 1.29 is 18.0 Å². The molecule has 0 saturated heterocycles. The second-order valence-corrected chi connectivity index (χ2v) is 3.58. The molecule has 84 valence electrons. The number of ketones is 1. The van der Waals surface area contributed by atoms with E-state index in [1.165, 1.54) is 6.92 Å². The first-order valence-electron chi connectivity index (χ1n) is 4.98. The molecule has 0 aromatic carbocycles. The van der Waals surface area contributed by atoms with Crippen molar-refractivity contribution in [2.24, 2.45) is 0 Å². The summed E-state index contributed by atoms with van der Waals surface area (Å²) in [6.07, 6.45) is -0.860. The molecule has 4 heteroatoms. The highest BCUT2D eigenvalue weighted by atomic mass is 19.4. The lowest BCUT2D eigenvalue weighted by Crippen LogP contribution is -2.06. The summed E-state index contributed by atoms with van der Waals surface area (Å²) in [5.41, 5.74) is 0. The third-order valence-corrected chi connectivity index (χ3v) is 1.99. The number of rotatable bonds is 7. The molecule has 0 unspecified atom stereocenters. The van der Waals surface area contributed by atoms with Crippen molar-refractivity contribution in [3.63, 3.8) is 0 Å². The standard InChI is InChI=1S/C10H17F3O/c1-9(14)7-5-3-2-4-6-8-10(11,12)13/h2-8H2,1H3. The Morgan fingerprint density at radius 1 is 1.00 bits per heavy atom. The Hall–Kier alpha value is -0.540. The average Bonchev–Trinajstić information content (AvgIpc) is 2.00. The fraction of sp³-hybridized carbons (Fsp3) is 0.900. The Bertz CT molecular complexity index is 163. The molecule has 0 aromatic rings. The van der Waals surface area contributed by atoms with Crippen LogP contribution in [-0.2, 0) is 4.79 Å². The molecule has 0 saturated carbocycles. The number of Topliss-reactive ketones (excluding diaryl/α,β-unsaturated/α-hetero) is 1. The van der Waals surface area contributed by atoms with Crippen molar-refractivity contribution in [3.05, 3.63) is 0 Å². The third kappa shape index (κ3) is 11.5. The predicted molar refractivity (Wildman–Crippen MR) is 49.1 cm³/mol. The van der Waals surface area contributed by atoms with Crippen LogP contribution >= 0.6 is 0 Å². The lowest BCUT2D eigenvalue weighted by atomic mass is 10.1. The van der Waals surface area contributed by atoms with Gasteiger partial charge < -0.3 is 4.79 Å². The van der Waals surface area contributed by atoms with Gasteiger partial charge in [-0.05, 0) is 19.8 Å². The van der Waals surface area contributed by atoms with Crippen molar-refractivity contribution in [2.75, 3.05) is 0 Å². The molecule has 0 rings (SSSR count). The Kier molecular flexibility index (Phi) is 6.58. The number of hydrogen-bond acceptors (Lipinski definition) is 1. The maximum absolute atomic E-state index is 11.7. The molecule has 0 heterocycles.